The smallest absolute Gasteiger partial charge is 0.244 e. The molecule has 9 nitrogen and oxygen atoms in total. The van der Waals surface area contributed by atoms with E-state index in [-0.39, 0.29) is 18.0 Å². The third-order valence-corrected chi connectivity index (χ3v) is 9.46. The molecule has 0 aromatic heterocycles. The first-order valence-electron chi connectivity index (χ1n) is 12.5. The van der Waals surface area contributed by atoms with Crippen LogP contribution in [0.25, 0.3) is 0 Å². The van der Waals surface area contributed by atoms with Crippen LogP contribution in [0, 0.1) is 13.8 Å². The second kappa shape index (κ2) is 12.3. The van der Waals surface area contributed by atoms with Gasteiger partial charge in [-0.25, -0.2) is 16.8 Å². The molecule has 0 radical (unpaired) electrons. The fourth-order valence-corrected chi connectivity index (χ4v) is 7.19. The number of benzene rings is 2. The molecule has 0 spiro atoms. The van der Waals surface area contributed by atoms with Crippen LogP contribution < -0.4 is 14.4 Å². The third kappa shape index (κ3) is 7.24. The van der Waals surface area contributed by atoms with E-state index >= 15 is 0 Å². The average molecular weight is 552 g/mol. The van der Waals surface area contributed by atoms with E-state index in [1.54, 1.807) is 25.1 Å². The van der Waals surface area contributed by atoms with Crippen LogP contribution in [0.3, 0.4) is 0 Å². The van der Waals surface area contributed by atoms with Crippen molar-refractivity contribution in [3.63, 3.8) is 0 Å². The fraction of sp³-hybridized carbons (Fsp3) is 0.500. The highest BCUT2D eigenvalue weighted by Crippen LogP contribution is 2.27. The number of sulfonamides is 2. The Morgan fingerprint density at radius 3 is 2.27 bits per heavy atom. The summed E-state index contributed by atoms with van der Waals surface area (Å²) in [5.41, 5.74) is 2.14. The predicted octanol–water partition coefficient (Wildman–Crippen LogP) is 3.22. The van der Waals surface area contributed by atoms with Crippen molar-refractivity contribution in [2.45, 2.75) is 57.4 Å². The molecule has 3 rings (SSSR count). The van der Waals surface area contributed by atoms with E-state index in [0.29, 0.717) is 30.9 Å². The topological polar surface area (TPSA) is 113 Å². The first kappa shape index (κ1) is 28.9. The molecule has 37 heavy (non-hydrogen) atoms. The van der Waals surface area contributed by atoms with Gasteiger partial charge in [0.2, 0.25) is 26.0 Å². The van der Waals surface area contributed by atoms with Gasteiger partial charge in [-0.15, -0.1) is 0 Å². The van der Waals surface area contributed by atoms with Crippen LogP contribution in [0.2, 0.25) is 0 Å². The molecular formula is C26H37N3O6S2. The molecular weight excluding hydrogens is 514 g/mol. The molecule has 1 saturated heterocycles. The van der Waals surface area contributed by atoms with Crippen molar-refractivity contribution in [3.8, 4) is 5.75 Å². The minimum Gasteiger partial charge on any atom is -0.492 e. The lowest BCUT2D eigenvalue weighted by Gasteiger charge is -2.31. The molecule has 1 aliphatic heterocycles. The highest BCUT2D eigenvalue weighted by molar-refractivity contribution is 7.92. The van der Waals surface area contributed by atoms with Crippen molar-refractivity contribution < 1.29 is 26.4 Å². The number of hydrogen-bond acceptors (Lipinski definition) is 6. The molecule has 0 aliphatic carbocycles. The van der Waals surface area contributed by atoms with Crippen LogP contribution in [0.15, 0.2) is 47.4 Å². The van der Waals surface area contributed by atoms with Crippen molar-refractivity contribution in [1.29, 1.82) is 0 Å². The molecule has 0 unspecified atom stereocenters. The fourth-order valence-electron chi connectivity index (χ4n) is 4.42. The second-order valence-electron chi connectivity index (χ2n) is 9.35. The molecule has 1 fully saturated rings. The Bertz CT molecular complexity index is 1290. The van der Waals surface area contributed by atoms with E-state index < -0.39 is 32.0 Å². The lowest BCUT2D eigenvalue weighted by molar-refractivity contribution is -0.122. The van der Waals surface area contributed by atoms with E-state index in [1.165, 1.54) is 20.7 Å². The minimum atomic E-state index is -3.72. The lowest BCUT2D eigenvalue weighted by Crippen LogP contribution is -2.50. The molecule has 11 heteroatoms. The minimum absolute atomic E-state index is 0.142. The summed E-state index contributed by atoms with van der Waals surface area (Å²) in [6.07, 6.45) is 4.18. The number of rotatable bonds is 11. The van der Waals surface area contributed by atoms with E-state index in [1.807, 2.05) is 26.0 Å². The maximum atomic E-state index is 13.0. The Labute approximate surface area is 220 Å². The maximum Gasteiger partial charge on any atom is 0.244 e. The number of hydrogen-bond donors (Lipinski definition) is 1. The summed E-state index contributed by atoms with van der Waals surface area (Å²) in [7, 11) is -7.23. The number of amides is 1. The van der Waals surface area contributed by atoms with E-state index in [2.05, 4.69) is 5.32 Å². The van der Waals surface area contributed by atoms with Crippen LogP contribution >= 0.6 is 0 Å². The summed E-state index contributed by atoms with van der Waals surface area (Å²) in [5.74, 6) is 0.0624. The molecule has 2 aromatic rings. The molecule has 1 amide bonds. The number of nitrogens with one attached hydrogen (secondary N) is 1. The zero-order valence-electron chi connectivity index (χ0n) is 21.9. The second-order valence-corrected chi connectivity index (χ2v) is 13.1. The van der Waals surface area contributed by atoms with Gasteiger partial charge in [0.1, 0.15) is 18.4 Å². The van der Waals surface area contributed by atoms with E-state index in [0.717, 1.165) is 36.6 Å². The van der Waals surface area contributed by atoms with Gasteiger partial charge in [0.25, 0.3) is 0 Å². The van der Waals surface area contributed by atoms with Gasteiger partial charge >= 0.3 is 0 Å². The Morgan fingerprint density at radius 1 is 1.03 bits per heavy atom. The summed E-state index contributed by atoms with van der Waals surface area (Å²) in [6.45, 7) is 6.84. The van der Waals surface area contributed by atoms with E-state index in [4.69, 9.17) is 4.74 Å². The first-order chi connectivity index (χ1) is 17.4. The molecule has 1 heterocycles. The number of piperidine rings is 1. The molecule has 1 atom stereocenters. The molecule has 1 aliphatic rings. The first-order valence-corrected chi connectivity index (χ1v) is 15.8. The quantitative estimate of drug-likeness (QED) is 0.429. The van der Waals surface area contributed by atoms with Gasteiger partial charge in [-0.3, -0.25) is 9.10 Å². The number of aryl methyl sites for hydroxylation is 2. The van der Waals surface area contributed by atoms with Crippen LogP contribution in [-0.2, 0) is 24.8 Å². The number of nitrogens with zero attached hydrogens (tertiary/aromatic N) is 2. The van der Waals surface area contributed by atoms with Crippen LogP contribution in [0.4, 0.5) is 5.69 Å². The Hall–Kier alpha value is -2.63. The van der Waals surface area contributed by atoms with Gasteiger partial charge in [0, 0.05) is 13.1 Å². The highest BCUT2D eigenvalue weighted by atomic mass is 32.2. The van der Waals surface area contributed by atoms with Gasteiger partial charge in [-0.2, -0.15) is 4.31 Å². The summed E-state index contributed by atoms with van der Waals surface area (Å²) in [4.78, 5) is 13.2. The lowest BCUT2D eigenvalue weighted by atomic mass is 10.1. The van der Waals surface area contributed by atoms with Crippen molar-refractivity contribution in [2.75, 3.05) is 36.8 Å². The van der Waals surface area contributed by atoms with Gasteiger partial charge in [0.05, 0.1) is 23.4 Å². The summed E-state index contributed by atoms with van der Waals surface area (Å²) >= 11 is 0. The Morgan fingerprint density at radius 2 is 1.68 bits per heavy atom. The molecule has 204 valence electrons. The van der Waals surface area contributed by atoms with Gasteiger partial charge in [0.15, 0.2) is 0 Å². The largest absolute Gasteiger partial charge is 0.492 e. The normalized spacial score (nSPS) is 15.7. The Kier molecular flexibility index (Phi) is 9.60. The molecule has 0 saturated carbocycles. The number of ether oxygens (including phenoxy) is 1. The highest BCUT2D eigenvalue weighted by Gasteiger charge is 2.32. The number of carbonyl (C=O) groups is 1. The monoisotopic (exact) mass is 551 g/mol. The number of carbonyl (C=O) groups excluding carboxylic acids is 1. The van der Waals surface area contributed by atoms with Crippen LogP contribution in [0.5, 0.6) is 5.75 Å². The number of anilines is 1. The van der Waals surface area contributed by atoms with Crippen LogP contribution in [-0.4, -0.2) is 65.6 Å². The van der Waals surface area contributed by atoms with Crippen molar-refractivity contribution in [2.24, 2.45) is 0 Å². The molecule has 1 N–H and O–H groups in total. The van der Waals surface area contributed by atoms with E-state index in [9.17, 15) is 21.6 Å². The van der Waals surface area contributed by atoms with Crippen molar-refractivity contribution >= 4 is 31.6 Å². The zero-order chi connectivity index (χ0) is 27.2. The van der Waals surface area contributed by atoms with Crippen LogP contribution in [0.1, 0.15) is 43.7 Å². The van der Waals surface area contributed by atoms with Gasteiger partial charge < -0.3 is 10.1 Å². The Balaban J connectivity index is 1.60. The summed E-state index contributed by atoms with van der Waals surface area (Å²) < 4.78 is 59.3. The molecule has 0 bridgehead atoms. The predicted molar refractivity (Wildman–Crippen MR) is 145 cm³/mol. The van der Waals surface area contributed by atoms with Crippen molar-refractivity contribution in [1.82, 2.24) is 9.62 Å². The maximum absolute atomic E-state index is 13.0. The SMILES string of the molecule is CC[C@@H](C(=O)NCCOc1ccc(S(=O)(=O)N2CCCCC2)cc1)N(c1cc(C)ccc1C)S(C)(=O)=O. The zero-order valence-corrected chi connectivity index (χ0v) is 23.6. The third-order valence-electron chi connectivity index (χ3n) is 6.38. The van der Waals surface area contributed by atoms with Gasteiger partial charge in [-0.1, -0.05) is 25.5 Å². The van der Waals surface area contributed by atoms with Gasteiger partial charge in [-0.05, 0) is 74.6 Å². The molecule has 2 aromatic carbocycles. The van der Waals surface area contributed by atoms with Crippen molar-refractivity contribution in [3.05, 3.63) is 53.6 Å². The summed E-state index contributed by atoms with van der Waals surface area (Å²) in [6, 6.07) is 10.8. The summed E-state index contributed by atoms with van der Waals surface area (Å²) in [5, 5.41) is 2.77. The standard InChI is InChI=1S/C26H37N3O6S2/c1-5-24(29(36(4,31)32)25-19-20(2)9-10-21(25)3)26(30)27-15-18-35-22-11-13-23(14-12-22)37(33,34)28-16-7-6-8-17-28/h9-14,19,24H,5-8,15-18H2,1-4H3,(H,27,30)/t24-/m0/s1. The average Bonchev–Trinajstić information content (AvgIpc) is 2.86.